The van der Waals surface area contributed by atoms with Gasteiger partial charge in [-0.05, 0) is 72.9 Å². The molecule has 0 saturated carbocycles. The summed E-state index contributed by atoms with van der Waals surface area (Å²) >= 11 is 24.9. The molecule has 38 heavy (non-hydrogen) atoms. The first-order valence-electron chi connectivity index (χ1n) is 11.9. The highest BCUT2D eigenvalue weighted by atomic mass is 35.5. The lowest BCUT2D eigenvalue weighted by molar-refractivity contribution is -0.118. The number of hydrogen-bond donors (Lipinski definition) is 2. The van der Waals surface area contributed by atoms with Crippen molar-refractivity contribution in [2.45, 2.75) is 25.9 Å². The molecule has 10 heteroatoms. The van der Waals surface area contributed by atoms with Gasteiger partial charge in [0, 0.05) is 28.4 Å². The average Bonchev–Trinajstić information content (AvgIpc) is 3.50. The molecule has 0 bridgehead atoms. The Kier molecular flexibility index (Phi) is 7.63. The largest absolute Gasteiger partial charge is 0.459 e. The third-order valence-electron chi connectivity index (χ3n) is 6.23. The van der Waals surface area contributed by atoms with E-state index < -0.39 is 0 Å². The van der Waals surface area contributed by atoms with Gasteiger partial charge in [0.25, 0.3) is 0 Å². The standard InChI is InChI=1S/C28H23Cl3N4O2S/c1-15(2)27(36)33-21-9-7-17(14-20(21)31)35-26(25(34-28(35)38)22-5-3-4-12-32-22)24-11-10-23(37-24)18-8-6-16(29)13-19(18)30/h3-15,25-26H,1-2H3,(H,33,36)(H,34,38)/t25-,26+/m0/s1. The van der Waals surface area contributed by atoms with Crippen molar-refractivity contribution < 1.29 is 9.21 Å². The second kappa shape index (κ2) is 10.9. The second-order valence-corrected chi connectivity index (χ2v) is 10.8. The summed E-state index contributed by atoms with van der Waals surface area (Å²) in [5.74, 6) is 0.966. The van der Waals surface area contributed by atoms with E-state index in [-0.39, 0.29) is 23.9 Å². The van der Waals surface area contributed by atoms with Crippen molar-refractivity contribution in [1.82, 2.24) is 10.3 Å². The predicted molar refractivity (Wildman–Crippen MR) is 157 cm³/mol. The van der Waals surface area contributed by atoms with E-state index in [4.69, 9.17) is 51.4 Å². The number of nitrogens with zero attached hydrogens (tertiary/aromatic N) is 2. The first kappa shape index (κ1) is 26.5. The number of halogens is 3. The molecule has 2 aromatic carbocycles. The SMILES string of the molecule is CC(C)C(=O)Nc1ccc(N2C(=S)N[C@@H](c3ccccn3)[C@H]2c2ccc(-c3ccc(Cl)cc3Cl)o2)cc1Cl. The summed E-state index contributed by atoms with van der Waals surface area (Å²) in [4.78, 5) is 18.7. The van der Waals surface area contributed by atoms with Gasteiger partial charge in [0.15, 0.2) is 5.11 Å². The fourth-order valence-corrected chi connectivity index (χ4v) is 5.37. The lowest BCUT2D eigenvalue weighted by atomic mass is 10.0. The average molecular weight is 586 g/mol. The summed E-state index contributed by atoms with van der Waals surface area (Å²) in [5, 5.41) is 8.17. The Balaban J connectivity index is 1.56. The van der Waals surface area contributed by atoms with Crippen molar-refractivity contribution in [3.05, 3.63) is 99.4 Å². The number of nitrogens with one attached hydrogen (secondary N) is 2. The smallest absolute Gasteiger partial charge is 0.226 e. The zero-order chi connectivity index (χ0) is 27.0. The van der Waals surface area contributed by atoms with Crippen molar-refractivity contribution in [3.63, 3.8) is 0 Å². The highest BCUT2D eigenvalue weighted by Crippen LogP contribution is 2.44. The van der Waals surface area contributed by atoms with E-state index in [0.29, 0.717) is 37.4 Å². The van der Waals surface area contributed by atoms with Crippen LogP contribution in [0.15, 0.2) is 77.3 Å². The van der Waals surface area contributed by atoms with Gasteiger partial charge in [-0.2, -0.15) is 0 Å². The molecule has 1 aliphatic heterocycles. The van der Waals surface area contributed by atoms with Gasteiger partial charge in [-0.25, -0.2) is 0 Å². The minimum Gasteiger partial charge on any atom is -0.459 e. The minimum atomic E-state index is -0.385. The number of rotatable bonds is 6. The molecule has 1 fully saturated rings. The van der Waals surface area contributed by atoms with Crippen molar-refractivity contribution in [3.8, 4) is 11.3 Å². The monoisotopic (exact) mass is 584 g/mol. The number of pyridine rings is 1. The van der Waals surface area contributed by atoms with Gasteiger partial charge < -0.3 is 20.0 Å². The number of carbonyl (C=O) groups is 1. The second-order valence-electron chi connectivity index (χ2n) is 9.13. The molecule has 194 valence electrons. The van der Waals surface area contributed by atoms with Crippen LogP contribution >= 0.6 is 47.0 Å². The number of anilines is 2. The summed E-state index contributed by atoms with van der Waals surface area (Å²) in [6.45, 7) is 3.65. The zero-order valence-electron chi connectivity index (χ0n) is 20.4. The minimum absolute atomic E-state index is 0.116. The van der Waals surface area contributed by atoms with E-state index in [2.05, 4.69) is 15.6 Å². The van der Waals surface area contributed by atoms with Crippen LogP contribution in [0.3, 0.4) is 0 Å². The summed E-state index contributed by atoms with van der Waals surface area (Å²) in [6, 6.07) is 19.5. The quantitative estimate of drug-likeness (QED) is 0.223. The van der Waals surface area contributed by atoms with Crippen LogP contribution in [0.1, 0.15) is 37.4 Å². The third kappa shape index (κ3) is 5.24. The molecular weight excluding hydrogens is 563 g/mol. The van der Waals surface area contributed by atoms with Gasteiger partial charge in [0.1, 0.15) is 17.6 Å². The van der Waals surface area contributed by atoms with E-state index in [1.165, 1.54) is 0 Å². The number of amides is 1. The molecule has 2 atom stereocenters. The molecule has 1 saturated heterocycles. The van der Waals surface area contributed by atoms with Crippen LogP contribution in [0.4, 0.5) is 11.4 Å². The van der Waals surface area contributed by atoms with Gasteiger partial charge in [0.2, 0.25) is 5.91 Å². The van der Waals surface area contributed by atoms with Crippen LogP contribution in [-0.4, -0.2) is 16.0 Å². The van der Waals surface area contributed by atoms with Crippen LogP contribution in [-0.2, 0) is 4.79 Å². The molecule has 1 amide bonds. The number of thiocarbonyl (C=S) groups is 1. The van der Waals surface area contributed by atoms with Crippen LogP contribution < -0.4 is 15.5 Å². The van der Waals surface area contributed by atoms with Gasteiger partial charge in [-0.15, -0.1) is 0 Å². The van der Waals surface area contributed by atoms with Crippen molar-refractivity contribution in [2.24, 2.45) is 5.92 Å². The van der Waals surface area contributed by atoms with Gasteiger partial charge in [-0.3, -0.25) is 9.78 Å². The Hall–Kier alpha value is -3.10. The molecule has 0 unspecified atom stereocenters. The Morgan fingerprint density at radius 1 is 1.05 bits per heavy atom. The molecule has 0 spiro atoms. The highest BCUT2D eigenvalue weighted by Gasteiger charge is 2.42. The van der Waals surface area contributed by atoms with E-state index >= 15 is 0 Å². The number of benzene rings is 2. The number of furan rings is 1. The molecule has 3 heterocycles. The predicted octanol–water partition coefficient (Wildman–Crippen LogP) is 8.07. The van der Waals surface area contributed by atoms with Crippen LogP contribution in [0.5, 0.6) is 0 Å². The van der Waals surface area contributed by atoms with Gasteiger partial charge >= 0.3 is 0 Å². The number of hydrogen-bond acceptors (Lipinski definition) is 4. The first-order valence-corrected chi connectivity index (χ1v) is 13.4. The van der Waals surface area contributed by atoms with Gasteiger partial charge in [0.05, 0.1) is 27.5 Å². The normalized spacial score (nSPS) is 17.1. The Bertz CT molecular complexity index is 1510. The molecular formula is C28H23Cl3N4O2S. The molecule has 4 aromatic rings. The van der Waals surface area contributed by atoms with Crippen LogP contribution in [0.25, 0.3) is 11.3 Å². The Morgan fingerprint density at radius 2 is 1.87 bits per heavy atom. The van der Waals surface area contributed by atoms with E-state index in [1.54, 1.807) is 30.5 Å². The molecule has 1 aliphatic rings. The lowest BCUT2D eigenvalue weighted by Gasteiger charge is -2.26. The molecule has 0 radical (unpaired) electrons. The van der Waals surface area contributed by atoms with Gasteiger partial charge in [-0.1, -0.05) is 54.7 Å². The topological polar surface area (TPSA) is 70.4 Å². The maximum absolute atomic E-state index is 12.2. The maximum atomic E-state index is 12.2. The number of carbonyl (C=O) groups excluding carboxylic acids is 1. The van der Waals surface area contributed by atoms with Crippen molar-refractivity contribution in [2.75, 3.05) is 10.2 Å². The molecule has 2 N–H and O–H groups in total. The van der Waals surface area contributed by atoms with E-state index in [1.807, 2.05) is 61.2 Å². The molecule has 6 nitrogen and oxygen atoms in total. The zero-order valence-corrected chi connectivity index (χ0v) is 23.5. The Morgan fingerprint density at radius 3 is 2.55 bits per heavy atom. The van der Waals surface area contributed by atoms with Crippen LogP contribution in [0.2, 0.25) is 15.1 Å². The highest BCUT2D eigenvalue weighted by molar-refractivity contribution is 7.80. The Labute approximate surface area is 240 Å². The summed E-state index contributed by atoms with van der Waals surface area (Å²) in [6.07, 6.45) is 1.74. The van der Waals surface area contributed by atoms with Crippen LogP contribution in [0, 0.1) is 5.92 Å². The molecule has 0 aliphatic carbocycles. The summed E-state index contributed by atoms with van der Waals surface area (Å²) in [5.41, 5.74) is 2.80. The summed E-state index contributed by atoms with van der Waals surface area (Å²) in [7, 11) is 0. The van der Waals surface area contributed by atoms with Crippen molar-refractivity contribution in [1.29, 1.82) is 0 Å². The molecule has 5 rings (SSSR count). The number of aromatic nitrogens is 1. The van der Waals surface area contributed by atoms with E-state index in [9.17, 15) is 4.79 Å². The fraction of sp³-hybridized carbons (Fsp3) is 0.179. The third-order valence-corrected chi connectivity index (χ3v) is 7.40. The van der Waals surface area contributed by atoms with Crippen molar-refractivity contribution >= 4 is 69.4 Å². The lowest BCUT2D eigenvalue weighted by Crippen LogP contribution is -2.29. The fourth-order valence-electron chi connectivity index (χ4n) is 4.30. The van der Waals surface area contributed by atoms with E-state index in [0.717, 1.165) is 16.9 Å². The first-order chi connectivity index (χ1) is 18.2. The maximum Gasteiger partial charge on any atom is 0.226 e. The molecule has 2 aromatic heterocycles. The summed E-state index contributed by atoms with van der Waals surface area (Å²) < 4.78 is 6.37.